The molecule has 2 aromatic carbocycles. The average molecular weight is 633 g/mol. The van der Waals surface area contributed by atoms with Gasteiger partial charge in [-0.05, 0) is 25.3 Å². The van der Waals surface area contributed by atoms with Crippen molar-refractivity contribution in [3.8, 4) is 5.75 Å². The lowest BCUT2D eigenvalue weighted by atomic mass is 9.83. The first kappa shape index (κ1) is 30.7. The molecule has 9 nitrogen and oxygen atoms in total. The monoisotopic (exact) mass is 632 g/mol. The number of primary amides is 1. The van der Waals surface area contributed by atoms with E-state index in [0.29, 0.717) is 24.1 Å². The maximum absolute atomic E-state index is 14.6. The fourth-order valence-electron chi connectivity index (χ4n) is 6.55. The van der Waals surface area contributed by atoms with Crippen LogP contribution in [0.5, 0.6) is 5.75 Å². The first-order chi connectivity index (χ1) is 21.4. The number of carbonyl (C=O) groups is 2. The molecule has 4 heterocycles. The van der Waals surface area contributed by atoms with Gasteiger partial charge < -0.3 is 19.9 Å². The summed E-state index contributed by atoms with van der Waals surface area (Å²) >= 11 is 0. The number of aromatic nitrogens is 1. The summed E-state index contributed by atoms with van der Waals surface area (Å²) in [6.07, 6.45) is -1.79. The van der Waals surface area contributed by atoms with Crippen LogP contribution >= 0.6 is 0 Å². The molecule has 2 bridgehead atoms. The summed E-state index contributed by atoms with van der Waals surface area (Å²) in [5.74, 6) is -5.76. The van der Waals surface area contributed by atoms with E-state index in [4.69, 9.17) is 15.3 Å². The molecule has 0 radical (unpaired) electrons. The predicted molar refractivity (Wildman–Crippen MR) is 149 cm³/mol. The molecule has 45 heavy (non-hydrogen) atoms. The normalized spacial score (nSPS) is 24.6. The van der Waals surface area contributed by atoms with Crippen LogP contribution in [0, 0.1) is 17.5 Å². The zero-order chi connectivity index (χ0) is 32.2. The second-order valence-corrected chi connectivity index (χ2v) is 11.6. The average Bonchev–Trinajstić information content (AvgIpc) is 3.31. The highest BCUT2D eigenvalue weighted by Gasteiger charge is 2.58. The van der Waals surface area contributed by atoms with Gasteiger partial charge in [-0.1, -0.05) is 30.3 Å². The van der Waals surface area contributed by atoms with Gasteiger partial charge in [-0.2, -0.15) is 5.06 Å². The molecular weight excluding hydrogens is 603 g/mol. The van der Waals surface area contributed by atoms with Crippen molar-refractivity contribution in [2.75, 3.05) is 6.54 Å². The van der Waals surface area contributed by atoms with Gasteiger partial charge in [0.15, 0.2) is 11.4 Å². The number of alkyl halides is 2. The molecule has 1 unspecified atom stereocenters. The summed E-state index contributed by atoms with van der Waals surface area (Å²) in [4.78, 5) is 47.6. The van der Waals surface area contributed by atoms with Crippen LogP contribution in [0.4, 0.5) is 22.0 Å². The van der Waals surface area contributed by atoms with Gasteiger partial charge in [-0.25, -0.2) is 22.0 Å². The van der Waals surface area contributed by atoms with Gasteiger partial charge in [0, 0.05) is 42.9 Å². The van der Waals surface area contributed by atoms with E-state index in [0.717, 1.165) is 11.3 Å². The molecule has 3 aliphatic rings. The molecule has 1 spiro atoms. The van der Waals surface area contributed by atoms with E-state index in [1.807, 2.05) is 0 Å². The Labute approximate surface area is 253 Å². The summed E-state index contributed by atoms with van der Waals surface area (Å²) in [5.41, 5.74) is 2.51. The van der Waals surface area contributed by atoms with Crippen LogP contribution in [0.2, 0.25) is 0 Å². The summed E-state index contributed by atoms with van der Waals surface area (Å²) in [6, 6.07) is 6.67. The lowest BCUT2D eigenvalue weighted by Crippen LogP contribution is -2.52. The molecule has 0 aliphatic carbocycles. The van der Waals surface area contributed by atoms with E-state index in [1.54, 1.807) is 37.3 Å². The van der Waals surface area contributed by atoms with Crippen LogP contribution in [0.25, 0.3) is 0 Å². The number of hydroxylamine groups is 2. The van der Waals surface area contributed by atoms with Crippen LogP contribution in [0.3, 0.4) is 0 Å². The fraction of sp³-hybridized carbons (Fsp3) is 0.387. The number of halogens is 5. The van der Waals surface area contributed by atoms with Gasteiger partial charge in [0.25, 0.3) is 18.2 Å². The second-order valence-electron chi connectivity index (χ2n) is 11.6. The maximum Gasteiger partial charge on any atom is 0.274 e. The van der Waals surface area contributed by atoms with Crippen LogP contribution in [-0.2, 0) is 18.0 Å². The number of nitrogens with two attached hydrogens (primary N) is 1. The van der Waals surface area contributed by atoms with Crippen molar-refractivity contribution in [1.29, 1.82) is 0 Å². The van der Waals surface area contributed by atoms with Crippen LogP contribution in [0.1, 0.15) is 64.2 Å². The van der Waals surface area contributed by atoms with E-state index in [-0.39, 0.29) is 31.7 Å². The molecule has 0 saturated carbocycles. The largest absolute Gasteiger partial charge is 0.483 e. The van der Waals surface area contributed by atoms with Gasteiger partial charge in [0.2, 0.25) is 5.43 Å². The number of carbonyl (C=O) groups excluding carboxylic acids is 2. The molecule has 3 aromatic rings. The number of pyridine rings is 1. The molecule has 3 aliphatic heterocycles. The minimum absolute atomic E-state index is 0.0464. The van der Waals surface area contributed by atoms with Crippen LogP contribution < -0.4 is 15.9 Å². The van der Waals surface area contributed by atoms with Gasteiger partial charge in [-0.3, -0.25) is 19.2 Å². The Morgan fingerprint density at radius 2 is 1.82 bits per heavy atom. The van der Waals surface area contributed by atoms with Gasteiger partial charge in [0.05, 0.1) is 18.6 Å². The quantitative estimate of drug-likeness (QED) is 0.389. The highest BCUT2D eigenvalue weighted by Crippen LogP contribution is 2.50. The summed E-state index contributed by atoms with van der Waals surface area (Å²) in [7, 11) is 0. The molecule has 2 fully saturated rings. The first-order valence-electron chi connectivity index (χ1n) is 14.3. The number of rotatable bonds is 7. The minimum atomic E-state index is -3.02. The third-order valence-corrected chi connectivity index (χ3v) is 8.91. The molecule has 4 atom stereocenters. The molecule has 6 rings (SSSR count). The van der Waals surface area contributed by atoms with E-state index in [2.05, 4.69) is 0 Å². The Bertz CT molecular complexity index is 1700. The number of hydrogen-bond acceptors (Lipinski definition) is 6. The number of amides is 2. The van der Waals surface area contributed by atoms with Crippen molar-refractivity contribution in [1.82, 2.24) is 14.5 Å². The predicted octanol–water partition coefficient (Wildman–Crippen LogP) is 4.33. The summed E-state index contributed by atoms with van der Waals surface area (Å²) in [6.45, 7) is 0.838. The third kappa shape index (κ3) is 5.35. The van der Waals surface area contributed by atoms with E-state index in [1.165, 1.54) is 9.47 Å². The Kier molecular flexibility index (Phi) is 7.89. The van der Waals surface area contributed by atoms with Gasteiger partial charge in [-0.15, -0.1) is 0 Å². The molecule has 238 valence electrons. The molecule has 2 N–H and O–H groups in total. The van der Waals surface area contributed by atoms with E-state index in [9.17, 15) is 36.3 Å². The summed E-state index contributed by atoms with van der Waals surface area (Å²) < 4.78 is 79.1. The molecule has 1 aromatic heterocycles. The molecular formula is C31H29F5N4O5. The number of nitrogens with zero attached hydrogens (tertiary/aromatic N) is 3. The van der Waals surface area contributed by atoms with Crippen molar-refractivity contribution in [2.45, 2.75) is 69.5 Å². The van der Waals surface area contributed by atoms with E-state index >= 15 is 0 Å². The zero-order valence-corrected chi connectivity index (χ0v) is 24.0. The highest BCUT2D eigenvalue weighted by atomic mass is 19.3. The fourth-order valence-corrected chi connectivity index (χ4v) is 6.55. The Balaban J connectivity index is 1.47. The smallest absolute Gasteiger partial charge is 0.274 e. The van der Waals surface area contributed by atoms with Crippen molar-refractivity contribution in [3.63, 3.8) is 0 Å². The number of hydrogen-bond donors (Lipinski definition) is 1. The standard InChI is InChI=1S/C31H29F5N4O5/c1-16-7-8-31(11-23(28(35)36)40(45-31)13-19-21(33)9-18(32)10-22(19)34)24-14-38(16)30(43)25-27(44-15-17-5-3-2-4-6-17)26(41)20(29(37)42)12-39(24)25/h2-6,9-10,12,16,23-24,28H,7-8,11,13-15H2,1H3,(H2,37,42)/t16-,23?,24+,31-/m0/s1. The first-order valence-corrected chi connectivity index (χ1v) is 14.3. The third-order valence-electron chi connectivity index (χ3n) is 8.91. The Morgan fingerprint density at radius 1 is 1.13 bits per heavy atom. The Hall–Kier alpha value is -4.30. The maximum atomic E-state index is 14.6. The second kappa shape index (κ2) is 11.6. The van der Waals surface area contributed by atoms with Crippen LogP contribution in [-0.4, -0.2) is 57.0 Å². The van der Waals surface area contributed by atoms with Crippen LogP contribution in [0.15, 0.2) is 53.5 Å². The SMILES string of the molecule is C[C@H]1CC[C@]2(CC(C(F)F)N(Cc3c(F)cc(F)cc3F)O2)[C@H]2CN1C(=O)c1c(OCc3ccccc3)c(=O)c(C(N)=O)cn12. The van der Waals surface area contributed by atoms with Gasteiger partial charge in [0.1, 0.15) is 35.2 Å². The van der Waals surface area contributed by atoms with Crippen molar-refractivity contribution >= 4 is 11.8 Å². The van der Waals surface area contributed by atoms with E-state index < -0.39 is 88.3 Å². The number of ether oxygens (including phenoxy) is 1. The summed E-state index contributed by atoms with van der Waals surface area (Å²) in [5, 5.41) is 0.796. The zero-order valence-electron chi connectivity index (χ0n) is 24.0. The van der Waals surface area contributed by atoms with Crippen molar-refractivity contribution < 1.29 is 41.1 Å². The minimum Gasteiger partial charge on any atom is -0.483 e. The molecule has 14 heteroatoms. The topological polar surface area (TPSA) is 107 Å². The lowest BCUT2D eigenvalue weighted by Gasteiger charge is -2.43. The van der Waals surface area contributed by atoms with Crippen molar-refractivity contribution in [2.24, 2.45) is 5.73 Å². The number of fused-ring (bicyclic) bond motifs is 5. The van der Waals surface area contributed by atoms with Gasteiger partial charge >= 0.3 is 0 Å². The number of benzene rings is 2. The highest BCUT2D eigenvalue weighted by molar-refractivity contribution is 5.99. The Morgan fingerprint density at radius 3 is 2.47 bits per heavy atom. The molecule has 2 amide bonds. The lowest BCUT2D eigenvalue weighted by molar-refractivity contribution is -0.236. The molecule has 2 saturated heterocycles. The van der Waals surface area contributed by atoms with Crippen molar-refractivity contribution in [3.05, 3.63) is 98.7 Å².